The third-order valence-corrected chi connectivity index (χ3v) is 7.57. The van der Waals surface area contributed by atoms with Gasteiger partial charge in [-0.1, -0.05) is 103 Å². The Morgan fingerprint density at radius 3 is 1.97 bits per heavy atom. The van der Waals surface area contributed by atoms with Crippen LogP contribution < -0.4 is 4.74 Å². The molecule has 2 aromatic rings. The third kappa shape index (κ3) is 10.8. The molecular formula is C33H49F2NO3. The van der Waals surface area contributed by atoms with Crippen molar-refractivity contribution in [1.29, 1.82) is 0 Å². The van der Waals surface area contributed by atoms with Gasteiger partial charge in [0.25, 0.3) is 0 Å². The number of hydrogen-bond donors (Lipinski definition) is 0. The fourth-order valence-corrected chi connectivity index (χ4v) is 5.08. The fraction of sp³-hybridized carbons (Fsp3) is 0.667. The van der Waals surface area contributed by atoms with Crippen molar-refractivity contribution in [1.82, 2.24) is 4.98 Å². The largest absolute Gasteiger partial charge is 0.490 e. The second-order valence-electron chi connectivity index (χ2n) is 11.0. The quantitative estimate of drug-likeness (QED) is 0.165. The average Bonchev–Trinajstić information content (AvgIpc) is 2.96. The molecule has 0 bridgehead atoms. The lowest BCUT2D eigenvalue weighted by atomic mass is 10.0. The van der Waals surface area contributed by atoms with Crippen LogP contribution in [0.5, 0.6) is 5.75 Å². The summed E-state index contributed by atoms with van der Waals surface area (Å²) < 4.78 is 46.9. The second-order valence-corrected chi connectivity index (χ2v) is 11.0. The van der Waals surface area contributed by atoms with Crippen molar-refractivity contribution in [3.8, 4) is 17.0 Å². The van der Waals surface area contributed by atoms with Gasteiger partial charge in [0.05, 0.1) is 25.5 Å². The summed E-state index contributed by atoms with van der Waals surface area (Å²) in [5.74, 6) is -1.53. The van der Waals surface area contributed by atoms with Crippen molar-refractivity contribution < 1.29 is 23.0 Å². The van der Waals surface area contributed by atoms with E-state index in [4.69, 9.17) is 14.2 Å². The van der Waals surface area contributed by atoms with Crippen LogP contribution in [0.4, 0.5) is 8.78 Å². The van der Waals surface area contributed by atoms with Gasteiger partial charge in [0.2, 0.25) is 5.82 Å². The van der Waals surface area contributed by atoms with Crippen molar-refractivity contribution in [2.75, 3.05) is 19.8 Å². The van der Waals surface area contributed by atoms with E-state index >= 15 is 0 Å². The van der Waals surface area contributed by atoms with Gasteiger partial charge in [0.15, 0.2) is 17.9 Å². The van der Waals surface area contributed by atoms with Crippen LogP contribution in [0, 0.1) is 17.6 Å². The summed E-state index contributed by atoms with van der Waals surface area (Å²) in [6.07, 6.45) is 19.5. The number of nitrogens with zero attached hydrogens (tertiary/aromatic N) is 1. The topological polar surface area (TPSA) is 40.6 Å². The molecule has 0 radical (unpaired) electrons. The molecule has 0 atom stereocenters. The van der Waals surface area contributed by atoms with Gasteiger partial charge in [-0.05, 0) is 31.0 Å². The first-order valence-electron chi connectivity index (χ1n) is 15.4. The zero-order valence-corrected chi connectivity index (χ0v) is 24.2. The molecule has 0 unspecified atom stereocenters. The minimum atomic E-state index is -0.967. The predicted octanol–water partition coefficient (Wildman–Crippen LogP) is 9.96. The van der Waals surface area contributed by atoms with Crippen molar-refractivity contribution in [2.45, 2.75) is 116 Å². The first kappa shape index (κ1) is 31.5. The lowest BCUT2D eigenvalue weighted by Crippen LogP contribution is -2.27. The van der Waals surface area contributed by atoms with Crippen LogP contribution in [0.25, 0.3) is 11.3 Å². The first-order valence-corrected chi connectivity index (χ1v) is 15.4. The van der Waals surface area contributed by atoms with Crippen LogP contribution in [0.15, 0.2) is 30.5 Å². The van der Waals surface area contributed by atoms with Crippen molar-refractivity contribution in [3.63, 3.8) is 0 Å². The molecule has 1 aromatic heterocycles. The summed E-state index contributed by atoms with van der Waals surface area (Å²) in [7, 11) is 0. The molecule has 2 heterocycles. The Kier molecular flexibility index (Phi) is 14.8. The Morgan fingerprint density at radius 2 is 1.36 bits per heavy atom. The molecule has 0 spiro atoms. The zero-order valence-electron chi connectivity index (χ0n) is 24.2. The molecule has 1 aliphatic rings. The summed E-state index contributed by atoms with van der Waals surface area (Å²) in [6.45, 7) is 6.16. The molecule has 0 N–H and O–H groups in total. The van der Waals surface area contributed by atoms with Crippen molar-refractivity contribution in [2.24, 2.45) is 5.92 Å². The highest BCUT2D eigenvalue weighted by Crippen LogP contribution is 2.31. The van der Waals surface area contributed by atoms with E-state index in [1.54, 1.807) is 12.3 Å². The Morgan fingerprint density at radius 1 is 0.744 bits per heavy atom. The van der Waals surface area contributed by atoms with Crippen molar-refractivity contribution in [3.05, 3.63) is 47.7 Å². The first-order chi connectivity index (χ1) is 19.1. The number of aromatic nitrogens is 1. The van der Waals surface area contributed by atoms with E-state index in [2.05, 4.69) is 18.8 Å². The van der Waals surface area contributed by atoms with Gasteiger partial charge in [0.1, 0.15) is 0 Å². The summed E-state index contributed by atoms with van der Waals surface area (Å²) in [5.41, 5.74) is 1.26. The number of unbranched alkanes of at least 4 members (excludes halogenated alkanes) is 12. The van der Waals surface area contributed by atoms with Gasteiger partial charge in [0, 0.05) is 23.2 Å². The number of halogens is 2. The molecule has 0 saturated carbocycles. The number of hydrogen-bond acceptors (Lipinski definition) is 4. The van der Waals surface area contributed by atoms with Crippen LogP contribution in [0.3, 0.4) is 0 Å². The molecule has 1 fully saturated rings. The molecule has 218 valence electrons. The Labute approximate surface area is 234 Å². The summed E-state index contributed by atoms with van der Waals surface area (Å²) in [4.78, 5) is 4.37. The number of pyridine rings is 1. The molecular weight excluding hydrogens is 496 g/mol. The minimum Gasteiger partial charge on any atom is -0.490 e. The maximum Gasteiger partial charge on any atom is 0.201 e. The lowest BCUT2D eigenvalue weighted by molar-refractivity contribution is -0.206. The summed E-state index contributed by atoms with van der Waals surface area (Å²) in [6, 6.07) is 6.51. The van der Waals surface area contributed by atoms with Crippen LogP contribution >= 0.6 is 0 Å². The number of benzene rings is 1. The second kappa shape index (κ2) is 18.3. The van der Waals surface area contributed by atoms with Crippen LogP contribution in [0.1, 0.15) is 122 Å². The van der Waals surface area contributed by atoms with E-state index in [0.717, 1.165) is 31.2 Å². The van der Waals surface area contributed by atoms with E-state index in [1.807, 2.05) is 6.07 Å². The van der Waals surface area contributed by atoms with Gasteiger partial charge in [-0.3, -0.25) is 4.98 Å². The molecule has 4 nitrogen and oxygen atoms in total. The maximum atomic E-state index is 14.8. The SMILES string of the molecule is CCCCCCCCCCC1COC(c2ccc(-c3ccc(OCCCCCCCC)c(F)c3F)nc2)OC1. The van der Waals surface area contributed by atoms with Crippen LogP contribution in [-0.2, 0) is 9.47 Å². The van der Waals surface area contributed by atoms with E-state index in [-0.39, 0.29) is 11.3 Å². The summed E-state index contributed by atoms with van der Waals surface area (Å²) >= 11 is 0. The van der Waals surface area contributed by atoms with Gasteiger partial charge in [-0.25, -0.2) is 4.39 Å². The number of rotatable bonds is 19. The molecule has 1 saturated heterocycles. The smallest absolute Gasteiger partial charge is 0.201 e. The molecule has 39 heavy (non-hydrogen) atoms. The normalized spacial score (nSPS) is 17.4. The highest BCUT2D eigenvalue weighted by molar-refractivity contribution is 5.61. The fourth-order valence-electron chi connectivity index (χ4n) is 5.08. The molecule has 6 heteroatoms. The van der Waals surface area contributed by atoms with Gasteiger partial charge >= 0.3 is 0 Å². The highest BCUT2D eigenvalue weighted by Gasteiger charge is 2.24. The molecule has 0 aliphatic carbocycles. The van der Waals surface area contributed by atoms with Crippen molar-refractivity contribution >= 4 is 0 Å². The Bertz CT molecular complexity index is 929. The molecule has 1 aromatic carbocycles. The van der Waals surface area contributed by atoms with E-state index in [9.17, 15) is 8.78 Å². The Hall–Kier alpha value is -2.05. The van der Waals surface area contributed by atoms with Gasteiger partial charge in [-0.2, -0.15) is 4.39 Å². The van der Waals surface area contributed by atoms with E-state index in [1.165, 1.54) is 82.8 Å². The van der Waals surface area contributed by atoms with E-state index in [0.29, 0.717) is 31.4 Å². The van der Waals surface area contributed by atoms with E-state index < -0.39 is 17.9 Å². The third-order valence-electron chi connectivity index (χ3n) is 7.57. The zero-order chi connectivity index (χ0) is 27.7. The molecule has 1 aliphatic heterocycles. The van der Waals surface area contributed by atoms with Crippen LogP contribution in [0.2, 0.25) is 0 Å². The highest BCUT2D eigenvalue weighted by atomic mass is 19.2. The van der Waals surface area contributed by atoms with Crippen LogP contribution in [-0.4, -0.2) is 24.8 Å². The lowest BCUT2D eigenvalue weighted by Gasteiger charge is -2.29. The minimum absolute atomic E-state index is 0.0491. The maximum absolute atomic E-state index is 14.8. The predicted molar refractivity (Wildman–Crippen MR) is 154 cm³/mol. The molecule has 0 amide bonds. The standard InChI is InChI=1S/C33H49F2NO3/c1-3-5-7-9-11-12-13-15-17-26-24-38-33(39-25-26)27-18-20-29(36-23-27)28-19-21-30(32(35)31(28)34)37-22-16-14-10-8-6-4-2/h18-21,23,26,33H,3-17,22,24-25H2,1-2H3. The summed E-state index contributed by atoms with van der Waals surface area (Å²) in [5, 5.41) is 0. The Balaban J connectivity index is 1.40. The van der Waals surface area contributed by atoms with Gasteiger partial charge in [-0.15, -0.1) is 0 Å². The number of ether oxygens (including phenoxy) is 3. The monoisotopic (exact) mass is 545 g/mol. The average molecular weight is 546 g/mol. The molecule has 3 rings (SSSR count). The van der Waals surface area contributed by atoms with Gasteiger partial charge < -0.3 is 14.2 Å².